The van der Waals surface area contributed by atoms with Gasteiger partial charge in [0.25, 0.3) is 5.91 Å². The summed E-state index contributed by atoms with van der Waals surface area (Å²) in [6.07, 6.45) is 1.65. The van der Waals surface area contributed by atoms with E-state index < -0.39 is 0 Å². The van der Waals surface area contributed by atoms with Gasteiger partial charge in [-0.3, -0.25) is 9.59 Å². The number of fused-ring (bicyclic) bond motifs is 1. The van der Waals surface area contributed by atoms with E-state index >= 15 is 0 Å². The van der Waals surface area contributed by atoms with Crippen LogP contribution < -0.4 is 14.2 Å². The van der Waals surface area contributed by atoms with E-state index in [0.29, 0.717) is 33.7 Å². The van der Waals surface area contributed by atoms with Gasteiger partial charge >= 0.3 is 0 Å². The van der Waals surface area contributed by atoms with Crippen molar-refractivity contribution in [3.8, 4) is 11.5 Å². The molecule has 1 fully saturated rings. The number of aliphatic hydroxyl groups excluding tert-OH is 1. The van der Waals surface area contributed by atoms with Gasteiger partial charge in [-0.1, -0.05) is 17.4 Å². The summed E-state index contributed by atoms with van der Waals surface area (Å²) < 4.78 is 10.3. The minimum absolute atomic E-state index is 0.0563. The molecule has 6 nitrogen and oxygen atoms in total. The molecule has 1 aliphatic heterocycles. The Kier molecular flexibility index (Phi) is 4.73. The number of rotatable bonds is 4. The number of benzene rings is 1. The Labute approximate surface area is 143 Å². The zero-order valence-corrected chi connectivity index (χ0v) is 14.4. The van der Waals surface area contributed by atoms with E-state index in [0.717, 1.165) is 24.2 Å². The Morgan fingerprint density at radius 1 is 1.38 bits per heavy atom. The molecule has 128 valence electrons. The van der Waals surface area contributed by atoms with E-state index in [9.17, 15) is 14.7 Å². The van der Waals surface area contributed by atoms with Crippen molar-refractivity contribution in [2.24, 2.45) is 0 Å². The van der Waals surface area contributed by atoms with Crippen molar-refractivity contribution in [3.05, 3.63) is 32.6 Å². The number of likely N-dealkylation sites (tertiary alicyclic amines) is 1. The Balaban J connectivity index is 2.09. The summed E-state index contributed by atoms with van der Waals surface area (Å²) in [5.74, 6) is 0.656. The number of carbonyl (C=O) groups is 1. The molecule has 0 spiro atoms. The fourth-order valence-corrected chi connectivity index (χ4v) is 4.04. The molecule has 1 aromatic heterocycles. The van der Waals surface area contributed by atoms with Crippen LogP contribution >= 0.6 is 11.3 Å². The molecule has 0 saturated carbocycles. The number of hydrogen-bond acceptors (Lipinski definition) is 6. The second-order valence-electron chi connectivity index (χ2n) is 5.64. The SMILES string of the molecule is COc1ccc2cc(C(=O)N3CCC[C@@H]3CO)sc(=O)c2c1OC. The van der Waals surface area contributed by atoms with Crippen molar-refractivity contribution in [1.82, 2.24) is 4.90 Å². The van der Waals surface area contributed by atoms with Gasteiger partial charge in [0.05, 0.1) is 37.1 Å². The smallest absolute Gasteiger partial charge is 0.264 e. The van der Waals surface area contributed by atoms with E-state index in [4.69, 9.17) is 9.47 Å². The van der Waals surface area contributed by atoms with Gasteiger partial charge in [0.15, 0.2) is 11.5 Å². The van der Waals surface area contributed by atoms with Crippen molar-refractivity contribution < 1.29 is 19.4 Å². The Morgan fingerprint density at radius 2 is 2.17 bits per heavy atom. The van der Waals surface area contributed by atoms with Crippen LogP contribution in [0.2, 0.25) is 0 Å². The van der Waals surface area contributed by atoms with Crippen LogP contribution in [0.25, 0.3) is 10.8 Å². The summed E-state index contributed by atoms with van der Waals surface area (Å²) in [6.45, 7) is 0.550. The average Bonchev–Trinajstić information content (AvgIpc) is 3.08. The number of nitrogens with zero attached hydrogens (tertiary/aromatic N) is 1. The van der Waals surface area contributed by atoms with Gasteiger partial charge in [-0.05, 0) is 30.4 Å². The summed E-state index contributed by atoms with van der Waals surface area (Å²) in [7, 11) is 2.99. The van der Waals surface area contributed by atoms with E-state index in [-0.39, 0.29) is 23.3 Å². The van der Waals surface area contributed by atoms with Crippen molar-refractivity contribution >= 4 is 28.0 Å². The largest absolute Gasteiger partial charge is 0.493 e. The molecule has 2 aromatic rings. The van der Waals surface area contributed by atoms with Gasteiger partial charge < -0.3 is 19.5 Å². The minimum atomic E-state index is -0.244. The van der Waals surface area contributed by atoms with E-state index in [2.05, 4.69) is 0 Å². The molecule has 1 aromatic carbocycles. The summed E-state index contributed by atoms with van der Waals surface area (Å²) in [4.78, 5) is 27.3. The molecule has 0 bridgehead atoms. The zero-order valence-electron chi connectivity index (χ0n) is 13.6. The fraction of sp³-hybridized carbons (Fsp3) is 0.412. The van der Waals surface area contributed by atoms with Gasteiger partial charge in [0.2, 0.25) is 4.74 Å². The normalized spacial score (nSPS) is 17.3. The minimum Gasteiger partial charge on any atom is -0.493 e. The molecule has 1 N–H and O–H groups in total. The molecular weight excluding hydrogens is 330 g/mol. The number of methoxy groups -OCH3 is 2. The highest BCUT2D eigenvalue weighted by molar-refractivity contribution is 7.12. The molecule has 24 heavy (non-hydrogen) atoms. The number of carbonyl (C=O) groups excluding carboxylic acids is 1. The maximum Gasteiger partial charge on any atom is 0.264 e. The van der Waals surface area contributed by atoms with Crippen molar-refractivity contribution in [3.63, 3.8) is 0 Å². The number of aliphatic hydroxyl groups is 1. The van der Waals surface area contributed by atoms with Crippen molar-refractivity contribution in [2.75, 3.05) is 27.4 Å². The van der Waals surface area contributed by atoms with Crippen LogP contribution in [-0.4, -0.2) is 49.3 Å². The molecular formula is C17H19NO5S. The van der Waals surface area contributed by atoms with Gasteiger partial charge in [-0.15, -0.1) is 0 Å². The third-order valence-electron chi connectivity index (χ3n) is 4.33. The van der Waals surface area contributed by atoms with Crippen LogP contribution in [0.15, 0.2) is 23.0 Å². The first-order valence-corrected chi connectivity index (χ1v) is 8.53. The number of ether oxygens (including phenoxy) is 2. The van der Waals surface area contributed by atoms with E-state index in [1.165, 1.54) is 14.2 Å². The maximum absolute atomic E-state index is 12.7. The first-order valence-electron chi connectivity index (χ1n) is 7.71. The Morgan fingerprint density at radius 3 is 2.83 bits per heavy atom. The predicted octanol–water partition coefficient (Wildman–Crippen LogP) is 1.88. The lowest BCUT2D eigenvalue weighted by Gasteiger charge is -2.22. The fourth-order valence-electron chi connectivity index (χ4n) is 3.13. The highest BCUT2D eigenvalue weighted by Gasteiger charge is 2.29. The lowest BCUT2D eigenvalue weighted by atomic mass is 10.1. The third-order valence-corrected chi connectivity index (χ3v) is 5.23. The van der Waals surface area contributed by atoms with Gasteiger partial charge in [-0.2, -0.15) is 0 Å². The molecule has 1 saturated heterocycles. The van der Waals surface area contributed by atoms with Crippen LogP contribution in [0.4, 0.5) is 0 Å². The Hall–Kier alpha value is -2.12. The molecule has 0 radical (unpaired) electrons. The molecule has 1 atom stereocenters. The summed E-state index contributed by atoms with van der Waals surface area (Å²) in [5.41, 5.74) is 0. The lowest BCUT2D eigenvalue weighted by Crippen LogP contribution is -2.37. The molecule has 0 unspecified atom stereocenters. The summed E-state index contributed by atoms with van der Waals surface area (Å²) >= 11 is 0.899. The van der Waals surface area contributed by atoms with E-state index in [1.807, 2.05) is 0 Å². The first kappa shape index (κ1) is 16.7. The average molecular weight is 349 g/mol. The first-order chi connectivity index (χ1) is 11.6. The quantitative estimate of drug-likeness (QED) is 0.912. The lowest BCUT2D eigenvalue weighted by molar-refractivity contribution is 0.0682. The van der Waals surface area contributed by atoms with Crippen LogP contribution in [0.3, 0.4) is 0 Å². The monoisotopic (exact) mass is 349 g/mol. The number of hydrogen-bond donors (Lipinski definition) is 1. The highest BCUT2D eigenvalue weighted by atomic mass is 32.1. The third kappa shape index (κ3) is 2.74. The van der Waals surface area contributed by atoms with Crippen LogP contribution in [0.5, 0.6) is 11.5 Å². The van der Waals surface area contributed by atoms with Gasteiger partial charge in [0.1, 0.15) is 0 Å². The maximum atomic E-state index is 12.7. The molecule has 1 amide bonds. The van der Waals surface area contributed by atoms with E-state index in [1.54, 1.807) is 23.1 Å². The van der Waals surface area contributed by atoms with Crippen molar-refractivity contribution in [1.29, 1.82) is 0 Å². The standard InChI is InChI=1S/C17H19NO5S/c1-22-12-6-5-10-8-13(24-17(21)14(10)15(12)23-2)16(20)18-7-3-4-11(18)9-19/h5-6,8,11,19H,3-4,7,9H2,1-2H3/t11-/m1/s1. The second kappa shape index (κ2) is 6.78. The molecule has 2 heterocycles. The molecule has 3 rings (SSSR count). The topological polar surface area (TPSA) is 76.1 Å². The predicted molar refractivity (Wildman–Crippen MR) is 92.3 cm³/mol. The molecule has 0 aliphatic carbocycles. The second-order valence-corrected chi connectivity index (χ2v) is 6.66. The summed E-state index contributed by atoms with van der Waals surface area (Å²) in [6, 6.07) is 5.00. The van der Waals surface area contributed by atoms with Crippen molar-refractivity contribution in [2.45, 2.75) is 18.9 Å². The molecule has 7 heteroatoms. The molecule has 1 aliphatic rings. The summed E-state index contributed by atoms with van der Waals surface area (Å²) in [5, 5.41) is 10.5. The van der Waals surface area contributed by atoms with Gasteiger partial charge in [0, 0.05) is 6.54 Å². The van der Waals surface area contributed by atoms with Crippen LogP contribution in [0, 0.1) is 0 Å². The zero-order chi connectivity index (χ0) is 17.3. The van der Waals surface area contributed by atoms with Gasteiger partial charge in [-0.25, -0.2) is 0 Å². The number of amides is 1. The van der Waals surface area contributed by atoms with Crippen LogP contribution in [-0.2, 0) is 0 Å². The highest BCUT2D eigenvalue weighted by Crippen LogP contribution is 2.34. The van der Waals surface area contributed by atoms with Crippen LogP contribution in [0.1, 0.15) is 22.5 Å². The Bertz CT molecular complexity index is 832.